The number of rotatable bonds is 2. The molecular weight excluding hydrogens is 238 g/mol. The summed E-state index contributed by atoms with van der Waals surface area (Å²) in [5.74, 6) is 0.104. The quantitative estimate of drug-likeness (QED) is 0.816. The number of hydrogen-bond acceptors (Lipinski definition) is 3. The Morgan fingerprint density at radius 3 is 2.65 bits per heavy atom. The first kappa shape index (κ1) is 12.7. The highest BCUT2D eigenvalue weighted by Gasteiger charge is 2.32. The zero-order valence-electron chi connectivity index (χ0n) is 9.93. The largest absolute Gasteiger partial charge is 0.481 e. The summed E-state index contributed by atoms with van der Waals surface area (Å²) in [6.07, 6.45) is 4.81. The van der Waals surface area contributed by atoms with Gasteiger partial charge >= 0.3 is 5.97 Å². The van der Waals surface area contributed by atoms with E-state index in [-0.39, 0.29) is 17.1 Å². The summed E-state index contributed by atoms with van der Waals surface area (Å²) in [7, 11) is 0. The number of carboxylic acid groups (broad SMARTS) is 1. The van der Waals surface area contributed by atoms with Crippen LogP contribution in [0, 0.1) is 5.92 Å². The monoisotopic (exact) mass is 257 g/mol. The molecule has 96 valence electrons. The van der Waals surface area contributed by atoms with Crippen molar-refractivity contribution >= 4 is 23.6 Å². The van der Waals surface area contributed by atoms with Crippen LogP contribution in [-0.2, 0) is 9.59 Å². The summed E-state index contributed by atoms with van der Waals surface area (Å²) in [6.45, 7) is 1.14. The fourth-order valence-corrected chi connectivity index (χ4v) is 3.80. The van der Waals surface area contributed by atoms with Crippen molar-refractivity contribution in [3.63, 3.8) is 0 Å². The van der Waals surface area contributed by atoms with E-state index in [0.29, 0.717) is 13.0 Å². The lowest BCUT2D eigenvalue weighted by Crippen LogP contribution is -2.46. The number of nitrogens with zero attached hydrogens (tertiary/aromatic N) is 1. The lowest BCUT2D eigenvalue weighted by Gasteiger charge is -2.34. The molecule has 1 amide bonds. The third-order valence-electron chi connectivity index (χ3n) is 3.54. The predicted octanol–water partition coefficient (Wildman–Crippen LogP) is 1.60. The van der Waals surface area contributed by atoms with Gasteiger partial charge in [0.25, 0.3) is 0 Å². The molecule has 5 heteroatoms. The minimum atomic E-state index is -0.765. The lowest BCUT2D eigenvalue weighted by molar-refractivity contribution is -0.145. The first-order valence-corrected chi connectivity index (χ1v) is 7.36. The van der Waals surface area contributed by atoms with Gasteiger partial charge in [0.05, 0.1) is 11.2 Å². The third kappa shape index (κ3) is 3.15. The fraction of sp³-hybridized carbons (Fsp3) is 0.833. The minimum Gasteiger partial charge on any atom is -0.481 e. The average Bonchev–Trinajstić information content (AvgIpc) is 2.39. The van der Waals surface area contributed by atoms with Gasteiger partial charge in [0.1, 0.15) is 0 Å². The Hall–Kier alpha value is -0.710. The normalized spacial score (nSPS) is 30.0. The Labute approximate surface area is 106 Å². The number of thioether (sulfide) groups is 1. The molecule has 0 aromatic heterocycles. The van der Waals surface area contributed by atoms with Gasteiger partial charge < -0.3 is 10.0 Å². The van der Waals surface area contributed by atoms with Crippen LogP contribution in [0.25, 0.3) is 0 Å². The van der Waals surface area contributed by atoms with Gasteiger partial charge in [-0.15, -0.1) is 11.8 Å². The molecule has 1 N–H and O–H groups in total. The molecular formula is C12H19NO3S. The van der Waals surface area contributed by atoms with Crippen LogP contribution < -0.4 is 0 Å². The van der Waals surface area contributed by atoms with Crippen molar-refractivity contribution in [2.45, 2.75) is 37.4 Å². The molecule has 2 saturated heterocycles. The van der Waals surface area contributed by atoms with Crippen molar-refractivity contribution in [2.24, 2.45) is 5.92 Å². The van der Waals surface area contributed by atoms with Crippen LogP contribution in [-0.4, -0.2) is 46.0 Å². The third-order valence-corrected chi connectivity index (χ3v) is 4.90. The Balaban J connectivity index is 1.91. The molecule has 4 nitrogen and oxygen atoms in total. The molecule has 2 fully saturated rings. The predicted molar refractivity (Wildman–Crippen MR) is 67.0 cm³/mol. The molecule has 2 rings (SSSR count). The number of piperidine rings is 1. The molecule has 2 aliphatic heterocycles. The van der Waals surface area contributed by atoms with E-state index in [1.807, 2.05) is 0 Å². The van der Waals surface area contributed by atoms with Gasteiger partial charge in [-0.25, -0.2) is 0 Å². The second-order valence-corrected chi connectivity index (χ2v) is 6.13. The standard InChI is InChI=1S/C12H19NO3S/c14-11(10-5-1-2-7-17-10)13-6-3-4-9(8-13)12(15)16/h9-10H,1-8H2,(H,15,16)/t9-,10?/m0/s1. The maximum Gasteiger partial charge on any atom is 0.308 e. The molecule has 2 atom stereocenters. The van der Waals surface area contributed by atoms with Gasteiger partial charge in [-0.2, -0.15) is 0 Å². The number of hydrogen-bond donors (Lipinski definition) is 1. The van der Waals surface area contributed by atoms with Gasteiger partial charge in [-0.05, 0) is 31.4 Å². The Morgan fingerprint density at radius 1 is 1.18 bits per heavy atom. The Bertz CT molecular complexity index is 302. The van der Waals surface area contributed by atoms with Crippen molar-refractivity contribution in [2.75, 3.05) is 18.8 Å². The van der Waals surface area contributed by atoms with Crippen LogP contribution in [0.15, 0.2) is 0 Å². The van der Waals surface area contributed by atoms with Gasteiger partial charge in [0.15, 0.2) is 0 Å². The van der Waals surface area contributed by atoms with E-state index >= 15 is 0 Å². The molecule has 0 saturated carbocycles. The first-order valence-electron chi connectivity index (χ1n) is 6.31. The zero-order chi connectivity index (χ0) is 12.3. The van der Waals surface area contributed by atoms with E-state index in [2.05, 4.69) is 0 Å². The fourth-order valence-electron chi connectivity index (χ4n) is 2.52. The topological polar surface area (TPSA) is 57.6 Å². The summed E-state index contributed by atoms with van der Waals surface area (Å²) in [5, 5.41) is 9.08. The number of carbonyl (C=O) groups excluding carboxylic acids is 1. The maximum atomic E-state index is 12.2. The molecule has 0 aliphatic carbocycles. The second-order valence-electron chi connectivity index (χ2n) is 4.82. The highest BCUT2D eigenvalue weighted by molar-refractivity contribution is 8.00. The van der Waals surface area contributed by atoms with E-state index in [0.717, 1.165) is 31.6 Å². The van der Waals surface area contributed by atoms with E-state index in [1.165, 1.54) is 6.42 Å². The van der Waals surface area contributed by atoms with Gasteiger partial charge in [0.2, 0.25) is 5.91 Å². The summed E-state index contributed by atoms with van der Waals surface area (Å²) in [4.78, 5) is 25.0. The smallest absolute Gasteiger partial charge is 0.308 e. The second kappa shape index (κ2) is 5.76. The van der Waals surface area contributed by atoms with E-state index in [1.54, 1.807) is 16.7 Å². The van der Waals surface area contributed by atoms with E-state index < -0.39 is 5.97 Å². The zero-order valence-corrected chi connectivity index (χ0v) is 10.7. The molecule has 0 aromatic carbocycles. The van der Waals surface area contributed by atoms with Crippen molar-refractivity contribution in [3.8, 4) is 0 Å². The van der Waals surface area contributed by atoms with Crippen LogP contribution in [0.3, 0.4) is 0 Å². The molecule has 2 heterocycles. The average molecular weight is 257 g/mol. The van der Waals surface area contributed by atoms with Crippen LogP contribution in [0.2, 0.25) is 0 Å². The highest BCUT2D eigenvalue weighted by Crippen LogP contribution is 2.28. The van der Waals surface area contributed by atoms with Gasteiger partial charge in [0, 0.05) is 13.1 Å². The number of likely N-dealkylation sites (tertiary alicyclic amines) is 1. The first-order chi connectivity index (χ1) is 8.18. The van der Waals surface area contributed by atoms with Crippen LogP contribution in [0.5, 0.6) is 0 Å². The molecule has 17 heavy (non-hydrogen) atoms. The number of carbonyl (C=O) groups is 2. The van der Waals surface area contributed by atoms with E-state index in [4.69, 9.17) is 5.11 Å². The molecule has 0 radical (unpaired) electrons. The van der Waals surface area contributed by atoms with Crippen molar-refractivity contribution < 1.29 is 14.7 Å². The van der Waals surface area contributed by atoms with Crippen molar-refractivity contribution in [1.29, 1.82) is 0 Å². The SMILES string of the molecule is O=C(O)[C@H]1CCCN(C(=O)C2CCCCS2)C1. The van der Waals surface area contributed by atoms with Crippen molar-refractivity contribution in [3.05, 3.63) is 0 Å². The highest BCUT2D eigenvalue weighted by atomic mass is 32.2. The molecule has 0 bridgehead atoms. The molecule has 1 unspecified atom stereocenters. The minimum absolute atomic E-state index is 0.0799. The molecule has 2 aliphatic rings. The van der Waals surface area contributed by atoms with Gasteiger partial charge in [-0.1, -0.05) is 6.42 Å². The summed E-state index contributed by atoms with van der Waals surface area (Å²) in [5.41, 5.74) is 0. The summed E-state index contributed by atoms with van der Waals surface area (Å²) in [6, 6.07) is 0. The van der Waals surface area contributed by atoms with Crippen LogP contribution >= 0.6 is 11.8 Å². The summed E-state index contributed by atoms with van der Waals surface area (Å²) < 4.78 is 0. The van der Waals surface area contributed by atoms with Crippen molar-refractivity contribution in [1.82, 2.24) is 4.90 Å². The lowest BCUT2D eigenvalue weighted by atomic mass is 9.98. The van der Waals surface area contributed by atoms with Gasteiger partial charge in [-0.3, -0.25) is 9.59 Å². The molecule has 0 aromatic rings. The summed E-state index contributed by atoms with van der Waals surface area (Å²) >= 11 is 1.74. The van der Waals surface area contributed by atoms with Crippen LogP contribution in [0.4, 0.5) is 0 Å². The Kier molecular flexibility index (Phi) is 4.31. The van der Waals surface area contributed by atoms with Crippen LogP contribution in [0.1, 0.15) is 32.1 Å². The van der Waals surface area contributed by atoms with E-state index in [9.17, 15) is 9.59 Å². The molecule has 0 spiro atoms. The maximum absolute atomic E-state index is 12.2. The number of amides is 1. The Morgan fingerprint density at radius 2 is 2.00 bits per heavy atom. The number of aliphatic carboxylic acids is 1. The number of carboxylic acids is 1.